The zero-order chi connectivity index (χ0) is 14.9. The Kier molecular flexibility index (Phi) is 4.45. The lowest BCUT2D eigenvalue weighted by atomic mass is 10.0. The van der Waals surface area contributed by atoms with Crippen molar-refractivity contribution in [1.82, 2.24) is 0 Å². The average molecular weight is 403 g/mol. The van der Waals surface area contributed by atoms with Crippen LogP contribution in [-0.2, 0) is 0 Å². The highest BCUT2D eigenvalue weighted by Gasteiger charge is 2.19. The van der Waals surface area contributed by atoms with Crippen LogP contribution in [-0.4, -0.2) is 12.9 Å². The van der Waals surface area contributed by atoms with E-state index in [9.17, 15) is 9.18 Å². The Morgan fingerprint density at radius 3 is 2.55 bits per heavy atom. The van der Waals surface area contributed by atoms with Crippen LogP contribution in [0.4, 0.5) is 10.1 Å². The van der Waals surface area contributed by atoms with E-state index >= 15 is 0 Å². The molecule has 104 valence electrons. The largest absolute Gasteiger partial charge is 0.496 e. The zero-order valence-electron chi connectivity index (χ0n) is 10.4. The van der Waals surface area contributed by atoms with Crippen LogP contribution in [0.25, 0.3) is 0 Å². The number of nitrogens with two attached hydrogens (primary N) is 1. The van der Waals surface area contributed by atoms with Gasteiger partial charge in [-0.05, 0) is 46.3 Å². The fourth-order valence-electron chi connectivity index (χ4n) is 1.74. The summed E-state index contributed by atoms with van der Waals surface area (Å²) in [5, 5.41) is 0. The lowest BCUT2D eigenvalue weighted by Crippen LogP contribution is -2.06. The third kappa shape index (κ3) is 2.86. The summed E-state index contributed by atoms with van der Waals surface area (Å²) >= 11 is 6.48. The standard InChI is InChI=1S/C14H10Br2FNO2/c1-20-13-3-2-7(15)4-9(13)14(19)8-5-12(18)11(17)6-10(8)16/h2-6H,18H2,1H3. The molecular formula is C14H10Br2FNO2. The van der Waals surface area contributed by atoms with Gasteiger partial charge in [0.15, 0.2) is 5.78 Å². The number of halogens is 3. The van der Waals surface area contributed by atoms with E-state index in [0.29, 0.717) is 15.8 Å². The van der Waals surface area contributed by atoms with E-state index in [0.717, 1.165) is 4.47 Å². The van der Waals surface area contributed by atoms with Crippen molar-refractivity contribution in [3.63, 3.8) is 0 Å². The van der Waals surface area contributed by atoms with Crippen LogP contribution in [0.2, 0.25) is 0 Å². The van der Waals surface area contributed by atoms with Gasteiger partial charge >= 0.3 is 0 Å². The third-order valence-electron chi connectivity index (χ3n) is 2.74. The summed E-state index contributed by atoms with van der Waals surface area (Å²) in [6, 6.07) is 7.57. The lowest BCUT2D eigenvalue weighted by Gasteiger charge is -2.10. The summed E-state index contributed by atoms with van der Waals surface area (Å²) in [4.78, 5) is 12.6. The maximum Gasteiger partial charge on any atom is 0.198 e. The topological polar surface area (TPSA) is 52.3 Å². The van der Waals surface area contributed by atoms with Crippen molar-refractivity contribution in [3.05, 3.63) is 56.2 Å². The molecule has 0 saturated heterocycles. The van der Waals surface area contributed by atoms with E-state index in [-0.39, 0.29) is 17.0 Å². The van der Waals surface area contributed by atoms with E-state index in [4.69, 9.17) is 10.5 Å². The number of ether oxygens (including phenoxy) is 1. The second-order valence-electron chi connectivity index (χ2n) is 4.03. The third-order valence-corrected chi connectivity index (χ3v) is 3.89. The first-order valence-corrected chi connectivity index (χ1v) is 7.15. The summed E-state index contributed by atoms with van der Waals surface area (Å²) < 4.78 is 19.6. The summed E-state index contributed by atoms with van der Waals surface area (Å²) in [6.07, 6.45) is 0. The van der Waals surface area contributed by atoms with Crippen LogP contribution in [0.5, 0.6) is 5.75 Å². The second kappa shape index (κ2) is 5.93. The first-order chi connectivity index (χ1) is 9.43. The summed E-state index contributed by atoms with van der Waals surface area (Å²) in [7, 11) is 1.48. The normalized spacial score (nSPS) is 10.4. The van der Waals surface area contributed by atoms with Crippen LogP contribution in [0, 0.1) is 5.82 Å². The molecule has 0 unspecified atom stereocenters. The molecule has 0 aliphatic rings. The number of anilines is 1. The van der Waals surface area contributed by atoms with Crippen LogP contribution in [0.3, 0.4) is 0 Å². The van der Waals surface area contributed by atoms with E-state index < -0.39 is 5.82 Å². The maximum atomic E-state index is 13.3. The lowest BCUT2D eigenvalue weighted by molar-refractivity contribution is 0.103. The van der Waals surface area contributed by atoms with Crippen LogP contribution < -0.4 is 10.5 Å². The number of carbonyl (C=O) groups is 1. The average Bonchev–Trinajstić information content (AvgIpc) is 2.42. The fraction of sp³-hybridized carbons (Fsp3) is 0.0714. The highest BCUT2D eigenvalue weighted by molar-refractivity contribution is 9.10. The van der Waals surface area contributed by atoms with Gasteiger partial charge in [0.1, 0.15) is 11.6 Å². The van der Waals surface area contributed by atoms with Gasteiger partial charge in [-0.25, -0.2) is 4.39 Å². The number of carbonyl (C=O) groups excluding carboxylic acids is 1. The Bertz CT molecular complexity index is 689. The van der Waals surface area contributed by atoms with Crippen molar-refractivity contribution >= 4 is 43.3 Å². The molecule has 2 N–H and O–H groups in total. The van der Waals surface area contributed by atoms with Crippen LogP contribution >= 0.6 is 31.9 Å². The Balaban J connectivity index is 2.57. The molecule has 2 aromatic rings. The molecule has 0 aromatic heterocycles. The molecule has 0 saturated carbocycles. The van der Waals surface area contributed by atoms with Crippen molar-refractivity contribution in [1.29, 1.82) is 0 Å². The van der Waals surface area contributed by atoms with Gasteiger partial charge in [0.2, 0.25) is 0 Å². The van der Waals surface area contributed by atoms with Crippen LogP contribution in [0.1, 0.15) is 15.9 Å². The van der Waals surface area contributed by atoms with E-state index in [1.165, 1.54) is 19.2 Å². The molecule has 20 heavy (non-hydrogen) atoms. The zero-order valence-corrected chi connectivity index (χ0v) is 13.6. The Labute approximate surface area is 132 Å². The highest BCUT2D eigenvalue weighted by Crippen LogP contribution is 2.30. The van der Waals surface area contributed by atoms with Gasteiger partial charge in [0.25, 0.3) is 0 Å². The molecule has 2 rings (SSSR count). The number of hydrogen-bond donors (Lipinski definition) is 1. The Morgan fingerprint density at radius 1 is 1.20 bits per heavy atom. The van der Waals surface area contributed by atoms with Crippen molar-refractivity contribution < 1.29 is 13.9 Å². The van der Waals surface area contributed by atoms with Gasteiger partial charge in [0, 0.05) is 14.5 Å². The van der Waals surface area contributed by atoms with Crippen LogP contribution in [0.15, 0.2) is 39.3 Å². The molecule has 0 amide bonds. The number of hydrogen-bond acceptors (Lipinski definition) is 3. The van der Waals surface area contributed by atoms with Crippen molar-refractivity contribution in [2.45, 2.75) is 0 Å². The number of rotatable bonds is 3. The van der Waals surface area contributed by atoms with Gasteiger partial charge < -0.3 is 10.5 Å². The molecule has 0 fully saturated rings. The number of methoxy groups -OCH3 is 1. The summed E-state index contributed by atoms with van der Waals surface area (Å²) in [5.41, 5.74) is 6.09. The Morgan fingerprint density at radius 2 is 1.90 bits per heavy atom. The van der Waals surface area contributed by atoms with E-state index in [2.05, 4.69) is 31.9 Å². The molecule has 0 aliphatic carbocycles. The molecule has 3 nitrogen and oxygen atoms in total. The number of benzene rings is 2. The molecule has 6 heteroatoms. The minimum absolute atomic E-state index is 0.0782. The monoisotopic (exact) mass is 401 g/mol. The van der Waals surface area contributed by atoms with Gasteiger partial charge in [-0.1, -0.05) is 15.9 Å². The predicted octanol–water partition coefficient (Wildman–Crippen LogP) is 4.17. The van der Waals surface area contributed by atoms with Crippen molar-refractivity contribution in [2.24, 2.45) is 0 Å². The molecule has 0 radical (unpaired) electrons. The molecule has 0 heterocycles. The SMILES string of the molecule is COc1ccc(Br)cc1C(=O)c1cc(N)c(F)cc1Br. The van der Waals surface area contributed by atoms with Gasteiger partial charge in [0.05, 0.1) is 18.4 Å². The molecule has 0 aliphatic heterocycles. The molecule has 0 bridgehead atoms. The summed E-state index contributed by atoms with van der Waals surface area (Å²) in [5.74, 6) is -0.440. The molecule has 2 aromatic carbocycles. The summed E-state index contributed by atoms with van der Waals surface area (Å²) in [6.45, 7) is 0. The minimum Gasteiger partial charge on any atom is -0.496 e. The maximum absolute atomic E-state index is 13.3. The second-order valence-corrected chi connectivity index (χ2v) is 5.80. The number of ketones is 1. The Hall–Kier alpha value is -1.40. The van der Waals surface area contributed by atoms with E-state index in [1.54, 1.807) is 18.2 Å². The molecule has 0 spiro atoms. The van der Waals surface area contributed by atoms with E-state index in [1.807, 2.05) is 0 Å². The highest BCUT2D eigenvalue weighted by atomic mass is 79.9. The number of nitrogen functional groups attached to an aromatic ring is 1. The predicted molar refractivity (Wildman–Crippen MR) is 82.6 cm³/mol. The fourth-order valence-corrected chi connectivity index (χ4v) is 2.60. The van der Waals surface area contributed by atoms with Gasteiger partial charge in [-0.3, -0.25) is 4.79 Å². The molecular weight excluding hydrogens is 393 g/mol. The minimum atomic E-state index is -0.574. The smallest absolute Gasteiger partial charge is 0.198 e. The van der Waals surface area contributed by atoms with Crippen molar-refractivity contribution in [3.8, 4) is 5.75 Å². The quantitative estimate of drug-likeness (QED) is 0.619. The first kappa shape index (κ1) is 15.0. The van der Waals surface area contributed by atoms with Crippen molar-refractivity contribution in [2.75, 3.05) is 12.8 Å². The van der Waals surface area contributed by atoms with Gasteiger partial charge in [-0.15, -0.1) is 0 Å². The first-order valence-electron chi connectivity index (χ1n) is 5.56. The van der Waals surface area contributed by atoms with Gasteiger partial charge in [-0.2, -0.15) is 0 Å². The molecule has 0 atom stereocenters.